The topological polar surface area (TPSA) is 72.1 Å². The van der Waals surface area contributed by atoms with Gasteiger partial charge in [0.1, 0.15) is 17.5 Å². The Morgan fingerprint density at radius 3 is 2.62 bits per heavy atom. The Balaban J connectivity index is 1.61. The van der Waals surface area contributed by atoms with Crippen molar-refractivity contribution in [1.82, 2.24) is 14.6 Å². The van der Waals surface area contributed by atoms with E-state index in [4.69, 9.17) is 19.6 Å². The molecule has 4 heterocycles. The summed E-state index contributed by atoms with van der Waals surface area (Å²) in [5.74, 6) is 0.599. The molecule has 0 saturated carbocycles. The van der Waals surface area contributed by atoms with E-state index in [1.54, 1.807) is 10.6 Å². The fourth-order valence-corrected chi connectivity index (χ4v) is 4.88. The van der Waals surface area contributed by atoms with E-state index in [1.165, 1.54) is 12.1 Å². The number of benzene rings is 2. The van der Waals surface area contributed by atoms with Crippen LogP contribution >= 0.6 is 0 Å². The van der Waals surface area contributed by atoms with Crippen molar-refractivity contribution in [3.63, 3.8) is 0 Å². The van der Waals surface area contributed by atoms with Crippen LogP contribution in [0.2, 0.25) is 0 Å². The van der Waals surface area contributed by atoms with Gasteiger partial charge in [-0.1, -0.05) is 6.07 Å². The van der Waals surface area contributed by atoms with Gasteiger partial charge in [-0.2, -0.15) is 5.10 Å². The summed E-state index contributed by atoms with van der Waals surface area (Å²) in [7, 11) is 0. The Kier molecular flexibility index (Phi) is 4.88. The zero-order valence-electron chi connectivity index (χ0n) is 18.5. The van der Waals surface area contributed by atoms with Crippen LogP contribution in [0.15, 0.2) is 42.5 Å². The second kappa shape index (κ2) is 7.95. The van der Waals surface area contributed by atoms with E-state index in [9.17, 15) is 13.9 Å². The molecule has 6 rings (SSSR count). The van der Waals surface area contributed by atoms with Crippen molar-refractivity contribution < 1.29 is 23.4 Å². The number of rotatable bonds is 4. The summed E-state index contributed by atoms with van der Waals surface area (Å²) in [5, 5.41) is 14.6. The average Bonchev–Trinajstić information content (AvgIpc) is 3.54. The van der Waals surface area contributed by atoms with Gasteiger partial charge in [0, 0.05) is 29.8 Å². The van der Waals surface area contributed by atoms with Gasteiger partial charge in [0.2, 0.25) is 6.79 Å². The molecule has 2 aliphatic rings. The second-order valence-electron chi connectivity index (χ2n) is 8.59. The van der Waals surface area contributed by atoms with Crippen molar-refractivity contribution in [1.29, 1.82) is 0 Å². The predicted molar refractivity (Wildman–Crippen MR) is 122 cm³/mol. The molecule has 9 heteroatoms. The quantitative estimate of drug-likeness (QED) is 0.485. The molecule has 34 heavy (non-hydrogen) atoms. The number of fused-ring (bicyclic) bond motifs is 2. The Bertz CT molecular complexity index is 1400. The van der Waals surface area contributed by atoms with Gasteiger partial charge in [0.25, 0.3) is 0 Å². The molecule has 0 spiro atoms. The number of aliphatic hydroxyl groups excluding tert-OH is 1. The van der Waals surface area contributed by atoms with Gasteiger partial charge in [0.15, 0.2) is 17.1 Å². The highest BCUT2D eigenvalue weighted by atomic mass is 19.1. The largest absolute Gasteiger partial charge is 0.454 e. The number of halogens is 2. The Morgan fingerprint density at radius 2 is 1.82 bits per heavy atom. The number of aryl methyl sites for hydroxylation is 1. The lowest BCUT2D eigenvalue weighted by Gasteiger charge is -2.25. The van der Waals surface area contributed by atoms with Crippen LogP contribution in [-0.4, -0.2) is 45.7 Å². The summed E-state index contributed by atoms with van der Waals surface area (Å²) in [6.07, 6.45) is 1.77. The van der Waals surface area contributed by atoms with Gasteiger partial charge in [0.05, 0.1) is 24.0 Å². The summed E-state index contributed by atoms with van der Waals surface area (Å²) in [6.45, 7) is 2.78. The fourth-order valence-electron chi connectivity index (χ4n) is 4.88. The molecule has 0 amide bonds. The van der Waals surface area contributed by atoms with Crippen molar-refractivity contribution >= 4 is 11.5 Å². The minimum Gasteiger partial charge on any atom is -0.454 e. The molecule has 2 aromatic carbocycles. The molecule has 0 aliphatic carbocycles. The third kappa shape index (κ3) is 3.35. The zero-order chi connectivity index (χ0) is 23.4. The molecule has 0 bridgehead atoms. The van der Waals surface area contributed by atoms with Gasteiger partial charge in [-0.15, -0.1) is 0 Å². The van der Waals surface area contributed by atoms with Crippen LogP contribution in [-0.2, 0) is 0 Å². The molecular formula is C25H22F2N4O3. The van der Waals surface area contributed by atoms with Crippen molar-refractivity contribution in [2.24, 2.45) is 0 Å². The maximum atomic E-state index is 14.2. The summed E-state index contributed by atoms with van der Waals surface area (Å²) in [4.78, 5) is 6.98. The number of hydrogen-bond acceptors (Lipinski definition) is 6. The average molecular weight is 464 g/mol. The van der Waals surface area contributed by atoms with Gasteiger partial charge in [-0.05, 0) is 49.6 Å². The van der Waals surface area contributed by atoms with Crippen LogP contribution in [0.5, 0.6) is 11.5 Å². The van der Waals surface area contributed by atoms with Crippen LogP contribution in [0.4, 0.5) is 14.6 Å². The zero-order valence-corrected chi connectivity index (χ0v) is 18.5. The third-order valence-electron chi connectivity index (χ3n) is 6.45. The highest BCUT2D eigenvalue weighted by molar-refractivity contribution is 5.84. The number of aliphatic hydroxyl groups is 1. The number of hydrogen-bond donors (Lipinski definition) is 1. The van der Waals surface area contributed by atoms with Gasteiger partial charge in [-0.25, -0.2) is 18.3 Å². The molecule has 2 aliphatic heterocycles. The van der Waals surface area contributed by atoms with Crippen molar-refractivity contribution in [2.75, 3.05) is 24.8 Å². The van der Waals surface area contributed by atoms with Crippen molar-refractivity contribution in [3.05, 3.63) is 59.8 Å². The maximum Gasteiger partial charge on any atom is 0.231 e. The first kappa shape index (κ1) is 20.9. The first-order valence-corrected chi connectivity index (χ1v) is 11.2. The van der Waals surface area contributed by atoms with E-state index in [1.807, 2.05) is 30.0 Å². The molecule has 1 fully saturated rings. The molecule has 0 radical (unpaired) electrons. The van der Waals surface area contributed by atoms with Crippen LogP contribution in [0, 0.1) is 18.6 Å². The first-order chi connectivity index (χ1) is 16.5. The van der Waals surface area contributed by atoms with E-state index in [-0.39, 0.29) is 19.4 Å². The van der Waals surface area contributed by atoms with E-state index in [0.717, 1.165) is 36.6 Å². The summed E-state index contributed by atoms with van der Waals surface area (Å²) < 4.78 is 40.9. The van der Waals surface area contributed by atoms with E-state index >= 15 is 0 Å². The Morgan fingerprint density at radius 1 is 1.03 bits per heavy atom. The molecule has 7 nitrogen and oxygen atoms in total. The lowest BCUT2D eigenvalue weighted by Crippen LogP contribution is -2.32. The molecule has 1 saturated heterocycles. The molecular weight excluding hydrogens is 442 g/mol. The van der Waals surface area contributed by atoms with Crippen LogP contribution in [0.3, 0.4) is 0 Å². The van der Waals surface area contributed by atoms with Crippen molar-refractivity contribution in [2.45, 2.75) is 25.8 Å². The summed E-state index contributed by atoms with van der Waals surface area (Å²) >= 11 is 0. The fraction of sp³-hybridized carbons (Fsp3) is 0.280. The summed E-state index contributed by atoms with van der Waals surface area (Å²) in [6, 6.07) is 10.8. The number of nitrogens with zero attached hydrogens (tertiary/aromatic N) is 4. The minimum absolute atomic E-state index is 0.00406. The number of ether oxygens (including phenoxy) is 2. The van der Waals surface area contributed by atoms with Crippen molar-refractivity contribution in [3.8, 4) is 33.9 Å². The van der Waals surface area contributed by atoms with Crippen LogP contribution in [0.1, 0.15) is 18.5 Å². The molecule has 1 unspecified atom stereocenters. The van der Waals surface area contributed by atoms with Crippen LogP contribution in [0.25, 0.3) is 28.0 Å². The predicted octanol–water partition coefficient (Wildman–Crippen LogP) is 4.34. The SMILES string of the molecule is Cc1nn2c(-c3cc(F)cc(F)c3)cc(N3CCCC3CO)nc2c1-c1ccc2c(c1)OCO2. The van der Waals surface area contributed by atoms with E-state index < -0.39 is 11.6 Å². The molecule has 1 atom stereocenters. The highest BCUT2D eigenvalue weighted by Crippen LogP contribution is 2.39. The minimum atomic E-state index is -0.671. The highest BCUT2D eigenvalue weighted by Gasteiger charge is 2.28. The number of aromatic nitrogens is 3. The molecule has 174 valence electrons. The van der Waals surface area contributed by atoms with Crippen LogP contribution < -0.4 is 14.4 Å². The molecule has 1 N–H and O–H groups in total. The smallest absolute Gasteiger partial charge is 0.231 e. The summed E-state index contributed by atoms with van der Waals surface area (Å²) in [5.41, 5.74) is 3.76. The normalized spacial score (nSPS) is 17.2. The lowest BCUT2D eigenvalue weighted by molar-refractivity contribution is 0.174. The molecule has 4 aromatic rings. The number of anilines is 1. The lowest BCUT2D eigenvalue weighted by atomic mass is 10.1. The van der Waals surface area contributed by atoms with E-state index in [0.29, 0.717) is 39.9 Å². The van der Waals surface area contributed by atoms with Gasteiger partial charge >= 0.3 is 0 Å². The van der Waals surface area contributed by atoms with E-state index in [2.05, 4.69) is 0 Å². The second-order valence-corrected chi connectivity index (χ2v) is 8.59. The Hall–Kier alpha value is -3.72. The third-order valence-corrected chi connectivity index (χ3v) is 6.45. The first-order valence-electron chi connectivity index (χ1n) is 11.2. The maximum absolute atomic E-state index is 14.2. The Labute approximate surface area is 194 Å². The van der Waals surface area contributed by atoms with Gasteiger partial charge < -0.3 is 19.5 Å². The standard InChI is InChI=1S/C25H22F2N4O3/c1-14-24(15-4-5-21-22(9-15)34-13-33-21)25-28-23(30-6-2-3-19(30)12-32)11-20(31(25)29-14)16-7-17(26)10-18(27)8-16/h4-5,7-11,19,32H,2-3,6,12-13H2,1H3. The molecule has 2 aromatic heterocycles. The van der Waals surface area contributed by atoms with Gasteiger partial charge in [-0.3, -0.25) is 0 Å². The monoisotopic (exact) mass is 464 g/mol.